The van der Waals surface area contributed by atoms with E-state index < -0.39 is 0 Å². The van der Waals surface area contributed by atoms with Crippen LogP contribution < -0.4 is 10.5 Å². The van der Waals surface area contributed by atoms with E-state index in [-0.39, 0.29) is 11.1 Å². The lowest BCUT2D eigenvalue weighted by Crippen LogP contribution is -2.39. The van der Waals surface area contributed by atoms with Gasteiger partial charge in [0.1, 0.15) is 11.4 Å². The predicted molar refractivity (Wildman–Crippen MR) is 78.8 cm³/mol. The van der Waals surface area contributed by atoms with E-state index in [1.165, 1.54) is 24.8 Å². The molecule has 3 rings (SSSR count). The molecule has 0 saturated heterocycles. The van der Waals surface area contributed by atoms with Crippen LogP contribution in [-0.4, -0.2) is 5.60 Å². The molecule has 1 aliphatic carbocycles. The van der Waals surface area contributed by atoms with Gasteiger partial charge in [-0.05, 0) is 44.4 Å². The highest BCUT2D eigenvalue weighted by molar-refractivity contribution is 6.30. The van der Waals surface area contributed by atoms with Crippen molar-refractivity contribution >= 4 is 11.6 Å². The van der Waals surface area contributed by atoms with Crippen LogP contribution >= 0.6 is 11.6 Å². The van der Waals surface area contributed by atoms with Gasteiger partial charge in [-0.3, -0.25) is 0 Å². The van der Waals surface area contributed by atoms with Gasteiger partial charge in [-0.25, -0.2) is 0 Å². The standard InChI is InChI=1S/C16H22ClNO/c1-15(2)10-11-8-12(17)9-13(14(11)19-15)16(18)6-4-3-5-7-16/h8-9H,3-7,10,18H2,1-2H3. The minimum absolute atomic E-state index is 0.146. The first-order chi connectivity index (χ1) is 8.90. The predicted octanol–water partition coefficient (Wildman–Crippen LogP) is 4.17. The van der Waals surface area contributed by atoms with Crippen LogP contribution in [0, 0.1) is 0 Å². The summed E-state index contributed by atoms with van der Waals surface area (Å²) in [6.07, 6.45) is 6.65. The Balaban J connectivity index is 2.08. The van der Waals surface area contributed by atoms with Crippen LogP contribution in [-0.2, 0) is 12.0 Å². The molecule has 0 radical (unpaired) electrons. The highest BCUT2D eigenvalue weighted by Crippen LogP contribution is 2.46. The van der Waals surface area contributed by atoms with Crippen LogP contribution in [0.5, 0.6) is 5.75 Å². The number of benzene rings is 1. The Morgan fingerprint density at radius 1 is 1.16 bits per heavy atom. The Kier molecular flexibility index (Phi) is 3.06. The third-order valence-electron chi connectivity index (χ3n) is 4.41. The molecular weight excluding hydrogens is 258 g/mol. The summed E-state index contributed by atoms with van der Waals surface area (Å²) < 4.78 is 6.16. The maximum absolute atomic E-state index is 6.67. The molecule has 1 aliphatic heterocycles. The SMILES string of the molecule is CC1(C)Cc2cc(Cl)cc(C3(N)CCCCC3)c2O1. The van der Waals surface area contributed by atoms with E-state index >= 15 is 0 Å². The smallest absolute Gasteiger partial charge is 0.128 e. The lowest BCUT2D eigenvalue weighted by molar-refractivity contribution is 0.133. The number of hydrogen-bond donors (Lipinski definition) is 1. The lowest BCUT2D eigenvalue weighted by atomic mass is 9.76. The van der Waals surface area contributed by atoms with E-state index in [1.807, 2.05) is 12.1 Å². The topological polar surface area (TPSA) is 35.2 Å². The largest absolute Gasteiger partial charge is 0.487 e. The van der Waals surface area contributed by atoms with Crippen LogP contribution in [0.2, 0.25) is 5.02 Å². The first-order valence-corrected chi connectivity index (χ1v) is 7.58. The number of nitrogens with two attached hydrogens (primary N) is 1. The first kappa shape index (κ1) is 13.3. The molecule has 1 aromatic rings. The molecule has 104 valence electrons. The lowest BCUT2D eigenvalue weighted by Gasteiger charge is -2.35. The molecule has 2 aliphatic rings. The molecule has 0 unspecified atom stereocenters. The molecule has 0 bridgehead atoms. The summed E-state index contributed by atoms with van der Waals surface area (Å²) in [5.74, 6) is 0.999. The summed E-state index contributed by atoms with van der Waals surface area (Å²) >= 11 is 6.29. The number of fused-ring (bicyclic) bond motifs is 1. The van der Waals surface area contributed by atoms with E-state index in [0.29, 0.717) is 0 Å². The fraction of sp³-hybridized carbons (Fsp3) is 0.625. The van der Waals surface area contributed by atoms with Crippen molar-refractivity contribution < 1.29 is 4.74 Å². The zero-order valence-electron chi connectivity index (χ0n) is 11.8. The third-order valence-corrected chi connectivity index (χ3v) is 4.63. The molecule has 0 atom stereocenters. The van der Waals surface area contributed by atoms with Crippen molar-refractivity contribution in [2.45, 2.75) is 63.5 Å². The van der Waals surface area contributed by atoms with Gasteiger partial charge >= 0.3 is 0 Å². The molecule has 1 saturated carbocycles. The van der Waals surface area contributed by atoms with Gasteiger partial charge < -0.3 is 10.5 Å². The average Bonchev–Trinajstić information content (AvgIpc) is 2.62. The minimum atomic E-state index is -0.256. The Labute approximate surface area is 120 Å². The van der Waals surface area contributed by atoms with E-state index in [0.717, 1.165) is 35.6 Å². The van der Waals surface area contributed by atoms with Crippen LogP contribution in [0.3, 0.4) is 0 Å². The normalized spacial score (nSPS) is 23.8. The minimum Gasteiger partial charge on any atom is -0.487 e. The summed E-state index contributed by atoms with van der Waals surface area (Å²) in [5.41, 5.74) is 8.61. The Morgan fingerprint density at radius 3 is 2.53 bits per heavy atom. The first-order valence-electron chi connectivity index (χ1n) is 7.20. The van der Waals surface area contributed by atoms with Crippen molar-refractivity contribution in [3.63, 3.8) is 0 Å². The highest BCUT2D eigenvalue weighted by Gasteiger charge is 2.39. The maximum atomic E-state index is 6.67. The zero-order valence-corrected chi connectivity index (χ0v) is 12.5. The van der Waals surface area contributed by atoms with Crippen LogP contribution in [0.1, 0.15) is 57.1 Å². The number of hydrogen-bond acceptors (Lipinski definition) is 2. The fourth-order valence-corrected chi connectivity index (χ4v) is 3.74. The van der Waals surface area contributed by atoms with Gasteiger partial charge in [0.25, 0.3) is 0 Å². The fourth-order valence-electron chi connectivity index (χ4n) is 3.49. The van der Waals surface area contributed by atoms with Crippen molar-refractivity contribution in [2.24, 2.45) is 5.73 Å². The second-order valence-electron chi connectivity index (χ2n) is 6.70. The van der Waals surface area contributed by atoms with Gasteiger partial charge in [0.05, 0.1) is 0 Å². The van der Waals surface area contributed by atoms with Crippen molar-refractivity contribution in [3.05, 3.63) is 28.3 Å². The number of ether oxygens (including phenoxy) is 1. The maximum Gasteiger partial charge on any atom is 0.128 e. The summed E-state index contributed by atoms with van der Waals surface area (Å²) in [7, 11) is 0. The van der Waals surface area contributed by atoms with Crippen molar-refractivity contribution in [3.8, 4) is 5.75 Å². The second kappa shape index (κ2) is 4.39. The zero-order chi connectivity index (χ0) is 13.7. The molecule has 1 aromatic carbocycles. The summed E-state index contributed by atoms with van der Waals surface area (Å²) in [4.78, 5) is 0. The molecule has 1 fully saturated rings. The second-order valence-corrected chi connectivity index (χ2v) is 7.13. The Hall–Kier alpha value is -0.730. The van der Waals surface area contributed by atoms with E-state index in [2.05, 4.69) is 13.8 Å². The van der Waals surface area contributed by atoms with Gasteiger partial charge in [0.15, 0.2) is 0 Å². The Morgan fingerprint density at radius 2 is 1.84 bits per heavy atom. The molecule has 19 heavy (non-hydrogen) atoms. The van der Waals surface area contributed by atoms with Gasteiger partial charge in [0, 0.05) is 22.5 Å². The van der Waals surface area contributed by atoms with E-state index in [1.54, 1.807) is 0 Å². The van der Waals surface area contributed by atoms with Crippen LogP contribution in [0.25, 0.3) is 0 Å². The summed E-state index contributed by atoms with van der Waals surface area (Å²) in [5, 5.41) is 0.783. The van der Waals surface area contributed by atoms with Gasteiger partial charge in [0.2, 0.25) is 0 Å². The van der Waals surface area contributed by atoms with Crippen LogP contribution in [0.15, 0.2) is 12.1 Å². The summed E-state index contributed by atoms with van der Waals surface area (Å²) in [6, 6.07) is 4.05. The van der Waals surface area contributed by atoms with Gasteiger partial charge in [-0.2, -0.15) is 0 Å². The third kappa shape index (κ3) is 2.36. The molecular formula is C16H22ClNO. The molecule has 3 heteroatoms. The Bertz CT molecular complexity index is 504. The van der Waals surface area contributed by atoms with E-state index in [4.69, 9.17) is 22.1 Å². The van der Waals surface area contributed by atoms with Gasteiger partial charge in [-0.15, -0.1) is 0 Å². The number of halogens is 1. The molecule has 0 spiro atoms. The molecule has 2 N–H and O–H groups in total. The van der Waals surface area contributed by atoms with Gasteiger partial charge in [-0.1, -0.05) is 30.9 Å². The van der Waals surface area contributed by atoms with E-state index in [9.17, 15) is 0 Å². The molecule has 1 heterocycles. The van der Waals surface area contributed by atoms with Crippen molar-refractivity contribution in [1.82, 2.24) is 0 Å². The van der Waals surface area contributed by atoms with Crippen molar-refractivity contribution in [2.75, 3.05) is 0 Å². The molecule has 0 aromatic heterocycles. The quantitative estimate of drug-likeness (QED) is 0.837. The highest BCUT2D eigenvalue weighted by atomic mass is 35.5. The molecule has 2 nitrogen and oxygen atoms in total. The monoisotopic (exact) mass is 279 g/mol. The average molecular weight is 280 g/mol. The summed E-state index contributed by atoms with van der Waals surface area (Å²) in [6.45, 7) is 4.24. The van der Waals surface area contributed by atoms with Crippen molar-refractivity contribution in [1.29, 1.82) is 0 Å². The molecule has 0 amide bonds. The van der Waals surface area contributed by atoms with Crippen LogP contribution in [0.4, 0.5) is 0 Å². The number of rotatable bonds is 1.